The maximum absolute atomic E-state index is 12.1. The van der Waals surface area contributed by atoms with E-state index in [-0.39, 0.29) is 36.6 Å². The van der Waals surface area contributed by atoms with Gasteiger partial charge in [-0.05, 0) is 19.1 Å². The quantitative estimate of drug-likeness (QED) is 0.505. The summed E-state index contributed by atoms with van der Waals surface area (Å²) in [5.41, 5.74) is 0.463. The highest BCUT2D eigenvalue weighted by Gasteiger charge is 2.44. The molecule has 4 atom stereocenters. The van der Waals surface area contributed by atoms with Crippen molar-refractivity contribution in [3.8, 4) is 0 Å². The van der Waals surface area contributed by atoms with Gasteiger partial charge in [0.25, 0.3) is 0 Å². The van der Waals surface area contributed by atoms with Crippen LogP contribution in [0.4, 0.5) is 0 Å². The zero-order valence-corrected chi connectivity index (χ0v) is 15.7. The minimum Gasteiger partial charge on any atom is -0.469 e. The van der Waals surface area contributed by atoms with Gasteiger partial charge in [-0.2, -0.15) is 0 Å². The molecule has 0 N–H and O–H groups in total. The number of alkyl halides is 1. The third kappa shape index (κ3) is 5.12. The molecule has 1 saturated heterocycles. The van der Waals surface area contributed by atoms with Gasteiger partial charge < -0.3 is 14.2 Å². The van der Waals surface area contributed by atoms with Gasteiger partial charge in [-0.15, -0.1) is 0 Å². The van der Waals surface area contributed by atoms with Gasteiger partial charge >= 0.3 is 11.9 Å². The Kier molecular flexibility index (Phi) is 7.13. The second kappa shape index (κ2) is 9.10. The summed E-state index contributed by atoms with van der Waals surface area (Å²) < 4.78 is 15.8. The number of ether oxygens (including phenoxy) is 3. The highest BCUT2D eigenvalue weighted by Crippen LogP contribution is 2.35. The summed E-state index contributed by atoms with van der Waals surface area (Å²) in [4.78, 5) is 35.0. The Labute approximate surface area is 154 Å². The van der Waals surface area contributed by atoms with Crippen LogP contribution in [0.15, 0.2) is 30.3 Å². The van der Waals surface area contributed by atoms with Crippen molar-refractivity contribution < 1.29 is 28.6 Å². The first-order chi connectivity index (χ1) is 11.9. The number of Topliss-reactive ketones (excluding diaryl/α,β-unsaturated/α-hetero) is 1. The number of methoxy groups -OCH3 is 1. The number of rotatable bonds is 7. The standard InChI is InChI=1S/C18H21BrO6/c1-11(20)16(19)17-14(8-15(21)23-2)13(9-24-17)10-25-18(22)12-6-4-3-5-7-12/h3-7,13-14,16-17H,8-10H2,1-2H3/t13-,14-,16?,17+/m1/s1. The lowest BCUT2D eigenvalue weighted by molar-refractivity contribution is -0.142. The van der Waals surface area contributed by atoms with Crippen LogP contribution >= 0.6 is 15.9 Å². The predicted molar refractivity (Wildman–Crippen MR) is 93.5 cm³/mol. The summed E-state index contributed by atoms with van der Waals surface area (Å²) in [5, 5.41) is 0. The molecule has 0 radical (unpaired) electrons. The van der Waals surface area contributed by atoms with E-state index in [4.69, 9.17) is 14.2 Å². The van der Waals surface area contributed by atoms with Gasteiger partial charge in [0.2, 0.25) is 0 Å². The number of hydrogen-bond donors (Lipinski definition) is 0. The Morgan fingerprint density at radius 1 is 1.28 bits per heavy atom. The van der Waals surface area contributed by atoms with Crippen molar-refractivity contribution in [2.75, 3.05) is 20.3 Å². The molecule has 1 aromatic rings. The fraction of sp³-hybridized carbons (Fsp3) is 0.500. The van der Waals surface area contributed by atoms with Gasteiger partial charge in [0.05, 0.1) is 43.2 Å². The van der Waals surface area contributed by atoms with E-state index in [1.54, 1.807) is 24.3 Å². The predicted octanol–water partition coefficient (Wildman–Crippen LogP) is 2.39. The number of benzene rings is 1. The molecule has 1 aliphatic rings. The molecule has 1 unspecified atom stereocenters. The smallest absolute Gasteiger partial charge is 0.338 e. The number of esters is 2. The zero-order chi connectivity index (χ0) is 18.4. The summed E-state index contributed by atoms with van der Waals surface area (Å²) in [5.74, 6) is -1.35. The third-order valence-corrected chi connectivity index (χ3v) is 5.44. The van der Waals surface area contributed by atoms with Crippen LogP contribution in [0.2, 0.25) is 0 Å². The summed E-state index contributed by atoms with van der Waals surface area (Å²) in [7, 11) is 1.31. The van der Waals surface area contributed by atoms with E-state index in [1.165, 1.54) is 14.0 Å². The van der Waals surface area contributed by atoms with Gasteiger partial charge in [0.1, 0.15) is 5.78 Å². The number of carbonyl (C=O) groups is 3. The van der Waals surface area contributed by atoms with Crippen LogP contribution in [0.1, 0.15) is 23.7 Å². The summed E-state index contributed by atoms with van der Waals surface area (Å²) >= 11 is 3.33. The highest BCUT2D eigenvalue weighted by atomic mass is 79.9. The van der Waals surface area contributed by atoms with Crippen LogP contribution in [-0.4, -0.2) is 49.0 Å². The van der Waals surface area contributed by atoms with Gasteiger partial charge in [0, 0.05) is 11.8 Å². The molecule has 1 fully saturated rings. The third-order valence-electron chi connectivity index (χ3n) is 4.28. The Hall–Kier alpha value is -1.73. The minimum absolute atomic E-state index is 0.0817. The molecular formula is C18H21BrO6. The zero-order valence-electron chi connectivity index (χ0n) is 14.1. The molecule has 0 saturated carbocycles. The lowest BCUT2D eigenvalue weighted by Crippen LogP contribution is -2.36. The summed E-state index contributed by atoms with van der Waals surface area (Å²) in [6, 6.07) is 8.68. The molecule has 2 rings (SSSR count). The van der Waals surface area contributed by atoms with E-state index < -0.39 is 16.9 Å². The van der Waals surface area contributed by atoms with E-state index in [1.807, 2.05) is 6.07 Å². The molecule has 0 amide bonds. The van der Waals surface area contributed by atoms with Crippen molar-refractivity contribution in [1.82, 2.24) is 0 Å². The highest BCUT2D eigenvalue weighted by molar-refractivity contribution is 9.10. The molecular weight excluding hydrogens is 392 g/mol. The topological polar surface area (TPSA) is 78.9 Å². The SMILES string of the molecule is COC(=O)C[C@@H]1[C@@H](COC(=O)c2ccccc2)CO[C@@H]1C(Br)C(C)=O. The van der Waals surface area contributed by atoms with E-state index in [0.29, 0.717) is 12.2 Å². The first-order valence-electron chi connectivity index (χ1n) is 7.99. The van der Waals surface area contributed by atoms with Crippen LogP contribution in [0.25, 0.3) is 0 Å². The maximum Gasteiger partial charge on any atom is 0.338 e. The van der Waals surface area contributed by atoms with Crippen LogP contribution in [0, 0.1) is 11.8 Å². The van der Waals surface area contributed by atoms with Crippen LogP contribution in [0.5, 0.6) is 0 Å². The Bertz CT molecular complexity index is 617. The average molecular weight is 413 g/mol. The van der Waals surface area contributed by atoms with Crippen LogP contribution < -0.4 is 0 Å². The van der Waals surface area contributed by atoms with E-state index in [2.05, 4.69) is 15.9 Å². The maximum atomic E-state index is 12.1. The molecule has 25 heavy (non-hydrogen) atoms. The van der Waals surface area contributed by atoms with E-state index in [0.717, 1.165) is 0 Å². The summed E-state index contributed by atoms with van der Waals surface area (Å²) in [6.45, 7) is 1.88. The van der Waals surface area contributed by atoms with Crippen molar-refractivity contribution in [3.63, 3.8) is 0 Å². The molecule has 0 spiro atoms. The molecule has 0 aromatic heterocycles. The number of hydrogen-bond acceptors (Lipinski definition) is 6. The number of ketones is 1. The largest absolute Gasteiger partial charge is 0.469 e. The normalized spacial score (nSPS) is 23.7. The fourth-order valence-corrected chi connectivity index (χ4v) is 3.40. The Balaban J connectivity index is 2.03. The molecule has 6 nitrogen and oxygen atoms in total. The lowest BCUT2D eigenvalue weighted by atomic mass is 9.86. The first kappa shape index (κ1) is 19.6. The molecule has 1 aromatic carbocycles. The number of halogens is 1. The summed E-state index contributed by atoms with van der Waals surface area (Å²) in [6.07, 6.45) is -0.360. The van der Waals surface area contributed by atoms with Crippen LogP contribution in [0.3, 0.4) is 0 Å². The Morgan fingerprint density at radius 2 is 1.96 bits per heavy atom. The lowest BCUT2D eigenvalue weighted by Gasteiger charge is -2.24. The molecule has 1 heterocycles. The molecule has 7 heteroatoms. The minimum atomic E-state index is -0.517. The Morgan fingerprint density at radius 3 is 2.56 bits per heavy atom. The van der Waals surface area contributed by atoms with Gasteiger partial charge in [-0.1, -0.05) is 34.1 Å². The van der Waals surface area contributed by atoms with Crippen molar-refractivity contribution >= 4 is 33.7 Å². The van der Waals surface area contributed by atoms with E-state index >= 15 is 0 Å². The molecule has 1 aliphatic heterocycles. The van der Waals surface area contributed by atoms with Crippen molar-refractivity contribution in [3.05, 3.63) is 35.9 Å². The van der Waals surface area contributed by atoms with Crippen molar-refractivity contribution in [2.24, 2.45) is 11.8 Å². The van der Waals surface area contributed by atoms with Gasteiger partial charge in [-0.3, -0.25) is 9.59 Å². The monoisotopic (exact) mass is 412 g/mol. The fourth-order valence-electron chi connectivity index (χ4n) is 2.85. The average Bonchev–Trinajstić information content (AvgIpc) is 3.01. The van der Waals surface area contributed by atoms with E-state index in [9.17, 15) is 14.4 Å². The molecule has 136 valence electrons. The second-order valence-electron chi connectivity index (χ2n) is 5.98. The van der Waals surface area contributed by atoms with Crippen LogP contribution in [-0.2, 0) is 23.8 Å². The first-order valence-corrected chi connectivity index (χ1v) is 8.90. The van der Waals surface area contributed by atoms with Crippen molar-refractivity contribution in [1.29, 1.82) is 0 Å². The second-order valence-corrected chi connectivity index (χ2v) is 6.97. The number of carbonyl (C=O) groups excluding carboxylic acids is 3. The van der Waals surface area contributed by atoms with Crippen molar-refractivity contribution in [2.45, 2.75) is 24.3 Å². The molecule has 0 bridgehead atoms. The van der Waals surface area contributed by atoms with Gasteiger partial charge in [0.15, 0.2) is 0 Å². The molecule has 0 aliphatic carbocycles. The van der Waals surface area contributed by atoms with Gasteiger partial charge in [-0.25, -0.2) is 4.79 Å².